The van der Waals surface area contributed by atoms with Gasteiger partial charge in [0.25, 0.3) is 0 Å². The molecular weight excluding hydrogens is 397 g/mol. The molecule has 2 heterocycles. The van der Waals surface area contributed by atoms with E-state index in [1.54, 1.807) is 0 Å². The summed E-state index contributed by atoms with van der Waals surface area (Å²) in [5.41, 5.74) is 2.80. The number of rotatable bonds is 5. The maximum Gasteiger partial charge on any atom is 0.157 e. The molecule has 2 atom stereocenters. The summed E-state index contributed by atoms with van der Waals surface area (Å²) in [5, 5.41) is 5.43. The van der Waals surface area contributed by atoms with Crippen LogP contribution in [0, 0.1) is 0 Å². The van der Waals surface area contributed by atoms with E-state index in [2.05, 4.69) is 70.9 Å². The summed E-state index contributed by atoms with van der Waals surface area (Å²) >= 11 is 1.94. The van der Waals surface area contributed by atoms with Gasteiger partial charge in [-0.3, -0.25) is 9.89 Å². The Balaban J connectivity index is 0.00000131. The largest absolute Gasteiger partial charge is 0.360 e. The van der Waals surface area contributed by atoms with E-state index in [0.717, 1.165) is 31.2 Å². The molecule has 146 valence electrons. The van der Waals surface area contributed by atoms with Gasteiger partial charge >= 0.3 is 0 Å². The van der Waals surface area contributed by atoms with Crippen LogP contribution in [-0.4, -0.2) is 41.0 Å². The van der Waals surface area contributed by atoms with E-state index in [-0.39, 0.29) is 24.8 Å². The number of thioether (sulfide) groups is 1. The van der Waals surface area contributed by atoms with Gasteiger partial charge in [-0.1, -0.05) is 72.4 Å². The highest BCUT2D eigenvalue weighted by molar-refractivity contribution is 8.14. The van der Waals surface area contributed by atoms with Crippen LogP contribution in [0.15, 0.2) is 65.7 Å². The molecule has 2 aliphatic rings. The minimum absolute atomic E-state index is 0. The first-order chi connectivity index (χ1) is 12.3. The number of amidine groups is 1. The van der Waals surface area contributed by atoms with Crippen molar-refractivity contribution in [3.63, 3.8) is 0 Å². The Hall–Kier alpha value is -1.20. The lowest BCUT2D eigenvalue weighted by atomic mass is 10.1. The SMILES string of the molecule is Cl.Cl.c1ccc(CC2CN=C(SC3CCN(Cc4ccccc4)C3)N2)cc1. The average molecular weight is 424 g/mol. The number of nitrogens with zero attached hydrogens (tertiary/aromatic N) is 2. The first kappa shape index (κ1) is 22.1. The minimum atomic E-state index is 0. The normalized spacial score (nSPS) is 21.7. The lowest BCUT2D eigenvalue weighted by Gasteiger charge is -2.16. The Morgan fingerprint density at radius 2 is 1.63 bits per heavy atom. The molecule has 2 aromatic carbocycles. The fourth-order valence-electron chi connectivity index (χ4n) is 3.58. The van der Waals surface area contributed by atoms with Crippen molar-refractivity contribution in [2.75, 3.05) is 19.6 Å². The third-order valence-corrected chi connectivity index (χ3v) is 6.05. The van der Waals surface area contributed by atoms with Crippen molar-refractivity contribution in [2.24, 2.45) is 4.99 Å². The van der Waals surface area contributed by atoms with Crippen LogP contribution in [0.1, 0.15) is 17.5 Å². The summed E-state index contributed by atoms with van der Waals surface area (Å²) < 4.78 is 0. The molecule has 3 nitrogen and oxygen atoms in total. The molecule has 4 rings (SSSR count). The predicted molar refractivity (Wildman–Crippen MR) is 122 cm³/mol. The highest BCUT2D eigenvalue weighted by Gasteiger charge is 2.27. The number of nitrogens with one attached hydrogen (secondary N) is 1. The first-order valence-corrected chi connectivity index (χ1v) is 10.0. The van der Waals surface area contributed by atoms with Crippen molar-refractivity contribution in [1.29, 1.82) is 0 Å². The molecule has 0 bridgehead atoms. The molecule has 6 heteroatoms. The van der Waals surface area contributed by atoms with Crippen LogP contribution in [0.5, 0.6) is 0 Å². The van der Waals surface area contributed by atoms with Gasteiger partial charge in [0.05, 0.1) is 12.6 Å². The molecule has 1 fully saturated rings. The summed E-state index contributed by atoms with van der Waals surface area (Å²) in [4.78, 5) is 7.30. The summed E-state index contributed by atoms with van der Waals surface area (Å²) in [6, 6.07) is 21.9. The fourth-order valence-corrected chi connectivity index (χ4v) is 4.79. The van der Waals surface area contributed by atoms with E-state index in [0.29, 0.717) is 11.3 Å². The van der Waals surface area contributed by atoms with Crippen LogP contribution in [-0.2, 0) is 13.0 Å². The zero-order valence-corrected chi connectivity index (χ0v) is 17.7. The highest BCUT2D eigenvalue weighted by atomic mass is 35.5. The topological polar surface area (TPSA) is 27.6 Å². The minimum Gasteiger partial charge on any atom is -0.360 e. The van der Waals surface area contributed by atoms with Gasteiger partial charge in [-0.15, -0.1) is 24.8 Å². The Morgan fingerprint density at radius 1 is 0.963 bits per heavy atom. The average Bonchev–Trinajstić information content (AvgIpc) is 3.27. The smallest absolute Gasteiger partial charge is 0.157 e. The van der Waals surface area contributed by atoms with Crippen LogP contribution in [0.25, 0.3) is 0 Å². The predicted octanol–water partition coefficient (Wildman–Crippen LogP) is 4.41. The molecule has 1 N–H and O–H groups in total. The summed E-state index contributed by atoms with van der Waals surface area (Å²) in [5.74, 6) is 0. The first-order valence-electron chi connectivity index (χ1n) is 9.13. The van der Waals surface area contributed by atoms with Gasteiger partial charge in [-0.05, 0) is 30.5 Å². The monoisotopic (exact) mass is 423 g/mol. The lowest BCUT2D eigenvalue weighted by molar-refractivity contribution is 0.332. The molecule has 27 heavy (non-hydrogen) atoms. The number of hydrogen-bond donors (Lipinski definition) is 1. The van der Waals surface area contributed by atoms with Gasteiger partial charge in [-0.25, -0.2) is 0 Å². The van der Waals surface area contributed by atoms with Crippen molar-refractivity contribution in [1.82, 2.24) is 10.2 Å². The van der Waals surface area contributed by atoms with Gasteiger partial charge < -0.3 is 5.32 Å². The molecule has 0 radical (unpaired) electrons. The van der Waals surface area contributed by atoms with Gasteiger partial charge in [0.15, 0.2) is 5.17 Å². The summed E-state index contributed by atoms with van der Waals surface area (Å²) in [6.45, 7) is 4.31. The van der Waals surface area contributed by atoms with E-state index in [4.69, 9.17) is 4.99 Å². The molecule has 0 aliphatic carbocycles. The molecule has 2 unspecified atom stereocenters. The zero-order valence-electron chi connectivity index (χ0n) is 15.3. The number of halogens is 2. The number of hydrogen-bond acceptors (Lipinski definition) is 4. The van der Waals surface area contributed by atoms with Crippen molar-refractivity contribution >= 4 is 41.7 Å². The van der Waals surface area contributed by atoms with Gasteiger partial charge in [-0.2, -0.15) is 0 Å². The lowest BCUT2D eigenvalue weighted by Crippen LogP contribution is -2.31. The van der Waals surface area contributed by atoms with Crippen molar-refractivity contribution in [3.05, 3.63) is 71.8 Å². The molecule has 2 aliphatic heterocycles. The second kappa shape index (κ2) is 11.0. The van der Waals surface area contributed by atoms with Crippen LogP contribution in [0.2, 0.25) is 0 Å². The third-order valence-electron chi connectivity index (χ3n) is 4.86. The molecule has 0 amide bonds. The van der Waals surface area contributed by atoms with Crippen LogP contribution in [0.3, 0.4) is 0 Å². The quantitative estimate of drug-likeness (QED) is 0.771. The number of benzene rings is 2. The van der Waals surface area contributed by atoms with Crippen molar-refractivity contribution in [2.45, 2.75) is 30.7 Å². The number of likely N-dealkylation sites (tertiary alicyclic amines) is 1. The van der Waals surface area contributed by atoms with Gasteiger partial charge in [0, 0.05) is 18.3 Å². The Labute approximate surface area is 178 Å². The highest BCUT2D eigenvalue weighted by Crippen LogP contribution is 2.26. The summed E-state index contributed by atoms with van der Waals surface area (Å²) in [7, 11) is 0. The Morgan fingerprint density at radius 3 is 2.33 bits per heavy atom. The van der Waals surface area contributed by atoms with Gasteiger partial charge in [0.1, 0.15) is 0 Å². The molecule has 1 saturated heterocycles. The second-order valence-corrected chi connectivity index (χ2v) is 8.22. The molecular formula is C21H27Cl2N3S. The van der Waals surface area contributed by atoms with Crippen LogP contribution < -0.4 is 5.32 Å². The standard InChI is InChI=1S/C21H25N3S.2ClH/c1-3-7-17(8-4-1)13-19-14-22-21(23-19)25-20-11-12-24(16-20)15-18-9-5-2-6-10-18;;/h1-10,19-20H,11-16H2,(H,22,23);2*1H. The molecule has 0 aromatic heterocycles. The van der Waals surface area contributed by atoms with Crippen LogP contribution in [0.4, 0.5) is 0 Å². The number of aliphatic imine (C=N–C) groups is 1. The second-order valence-electron chi connectivity index (χ2n) is 6.93. The zero-order chi connectivity index (χ0) is 16.9. The van der Waals surface area contributed by atoms with E-state index in [9.17, 15) is 0 Å². The fraction of sp³-hybridized carbons (Fsp3) is 0.381. The van der Waals surface area contributed by atoms with Crippen LogP contribution >= 0.6 is 36.6 Å². The molecule has 0 spiro atoms. The van der Waals surface area contributed by atoms with Crippen molar-refractivity contribution in [3.8, 4) is 0 Å². The Kier molecular flexibility index (Phi) is 8.97. The van der Waals surface area contributed by atoms with E-state index in [1.165, 1.54) is 24.1 Å². The molecule has 2 aromatic rings. The maximum absolute atomic E-state index is 4.74. The molecule has 0 saturated carbocycles. The maximum atomic E-state index is 4.74. The van der Waals surface area contributed by atoms with Crippen molar-refractivity contribution < 1.29 is 0 Å². The van der Waals surface area contributed by atoms with E-state index >= 15 is 0 Å². The third kappa shape index (κ3) is 6.42. The van der Waals surface area contributed by atoms with E-state index in [1.807, 2.05) is 11.8 Å². The van der Waals surface area contributed by atoms with Gasteiger partial charge in [0.2, 0.25) is 0 Å². The van der Waals surface area contributed by atoms with E-state index < -0.39 is 0 Å². The summed E-state index contributed by atoms with van der Waals surface area (Å²) in [6.07, 6.45) is 2.31. The Bertz CT molecular complexity index is 712.